The molecule has 0 N–H and O–H groups in total. The summed E-state index contributed by atoms with van der Waals surface area (Å²) in [6.45, 7) is 0. The van der Waals surface area contributed by atoms with E-state index in [-0.39, 0.29) is 29.2 Å². The predicted molar refractivity (Wildman–Crippen MR) is 105 cm³/mol. The average molecular weight is 355 g/mol. The Morgan fingerprint density at radius 2 is 1.48 bits per heavy atom. The maximum atomic E-state index is 13.5. The number of hydrogen-bond acceptors (Lipinski definition) is 2. The number of aromatic nitrogens is 1. The molecule has 0 unspecified atom stereocenters. The van der Waals surface area contributed by atoms with Gasteiger partial charge in [0.15, 0.2) is 6.20 Å². The molecular formula is C24H21NO2. The molecule has 2 aromatic carbocycles. The van der Waals surface area contributed by atoms with Gasteiger partial charge in [0.1, 0.15) is 0 Å². The number of ketones is 1. The maximum absolute atomic E-state index is 13.5. The minimum absolute atomic E-state index is 0.0362. The highest BCUT2D eigenvalue weighted by Crippen LogP contribution is 2.44. The number of carbonyl (C=O) groups is 1. The van der Waals surface area contributed by atoms with Crippen LogP contribution in [0, 0.1) is 11.1 Å². The number of carbonyl (C=O) groups excluding carboxylic acids is 1. The van der Waals surface area contributed by atoms with Crippen LogP contribution in [-0.2, 0) is 0 Å². The summed E-state index contributed by atoms with van der Waals surface area (Å²) in [5, 5.41) is 12.3. The van der Waals surface area contributed by atoms with Crippen LogP contribution in [0.3, 0.4) is 0 Å². The molecule has 3 atom stereocenters. The SMILES string of the molecule is O=C(c1cccc[n+]1[O-])[C@H]1[C@@H](c2ccccc2)C=CC[C@@H]1c1ccccc1. The normalized spacial score (nSPS) is 21.7. The van der Waals surface area contributed by atoms with Crippen LogP contribution in [-0.4, -0.2) is 5.78 Å². The van der Waals surface area contributed by atoms with Gasteiger partial charge < -0.3 is 5.21 Å². The second-order valence-electron chi connectivity index (χ2n) is 6.92. The van der Waals surface area contributed by atoms with Gasteiger partial charge in [0.05, 0.1) is 0 Å². The third-order valence-electron chi connectivity index (χ3n) is 5.35. The highest BCUT2D eigenvalue weighted by atomic mass is 16.5. The quantitative estimate of drug-likeness (QED) is 0.296. The second kappa shape index (κ2) is 7.58. The van der Waals surface area contributed by atoms with Crippen LogP contribution in [0.25, 0.3) is 0 Å². The minimum Gasteiger partial charge on any atom is -0.618 e. The van der Waals surface area contributed by atoms with E-state index in [0.717, 1.165) is 17.5 Å². The molecule has 3 heteroatoms. The summed E-state index contributed by atoms with van der Waals surface area (Å²) in [6.07, 6.45) is 6.46. The van der Waals surface area contributed by atoms with Gasteiger partial charge in [-0.3, -0.25) is 4.79 Å². The van der Waals surface area contributed by atoms with Crippen molar-refractivity contribution < 1.29 is 9.52 Å². The van der Waals surface area contributed by atoms with Gasteiger partial charge in [-0.2, -0.15) is 4.73 Å². The van der Waals surface area contributed by atoms with Crippen molar-refractivity contribution in [2.45, 2.75) is 18.3 Å². The zero-order valence-corrected chi connectivity index (χ0v) is 14.9. The Labute approximate surface area is 159 Å². The van der Waals surface area contributed by atoms with Crippen LogP contribution >= 0.6 is 0 Å². The third-order valence-corrected chi connectivity index (χ3v) is 5.35. The first-order chi connectivity index (χ1) is 13.3. The van der Waals surface area contributed by atoms with Crippen molar-refractivity contribution in [2.75, 3.05) is 0 Å². The number of rotatable bonds is 4. The van der Waals surface area contributed by atoms with Crippen LogP contribution in [0.2, 0.25) is 0 Å². The van der Waals surface area contributed by atoms with Crippen molar-refractivity contribution in [3.05, 3.63) is 119 Å². The fourth-order valence-electron chi connectivity index (χ4n) is 4.06. The van der Waals surface area contributed by atoms with Crippen molar-refractivity contribution in [1.29, 1.82) is 0 Å². The lowest BCUT2D eigenvalue weighted by Gasteiger charge is -2.34. The van der Waals surface area contributed by atoms with E-state index in [1.54, 1.807) is 18.2 Å². The van der Waals surface area contributed by atoms with E-state index in [4.69, 9.17) is 0 Å². The summed E-state index contributed by atoms with van der Waals surface area (Å²) < 4.78 is 0.685. The molecule has 0 spiro atoms. The molecule has 27 heavy (non-hydrogen) atoms. The lowest BCUT2D eigenvalue weighted by Crippen LogP contribution is -2.39. The fraction of sp³-hybridized carbons (Fsp3) is 0.167. The van der Waals surface area contributed by atoms with Gasteiger partial charge in [-0.25, -0.2) is 0 Å². The van der Waals surface area contributed by atoms with Gasteiger partial charge in [0.2, 0.25) is 5.78 Å². The van der Waals surface area contributed by atoms with Gasteiger partial charge >= 0.3 is 0 Å². The van der Waals surface area contributed by atoms with Gasteiger partial charge in [0, 0.05) is 24.0 Å². The first-order valence-corrected chi connectivity index (χ1v) is 9.24. The molecule has 4 rings (SSSR count). The standard InChI is InChI=1S/C24H21NO2/c26-24(22-16-7-8-17-25(22)27)23-20(18-10-3-1-4-11-18)14-9-15-21(23)19-12-5-2-6-13-19/h1-14,16-17,20-21,23H,15H2/t20-,21-,23+/m1/s1. The summed E-state index contributed by atoms with van der Waals surface area (Å²) in [5.74, 6) is -0.438. The van der Waals surface area contributed by atoms with Crippen molar-refractivity contribution in [1.82, 2.24) is 0 Å². The summed E-state index contributed by atoms with van der Waals surface area (Å²) >= 11 is 0. The van der Waals surface area contributed by atoms with Crippen LogP contribution < -0.4 is 4.73 Å². The number of pyridine rings is 1. The Kier molecular flexibility index (Phi) is 4.84. The fourth-order valence-corrected chi connectivity index (χ4v) is 4.06. The van der Waals surface area contributed by atoms with Gasteiger partial charge in [-0.15, -0.1) is 0 Å². The van der Waals surface area contributed by atoms with E-state index in [1.807, 2.05) is 36.4 Å². The first kappa shape index (κ1) is 17.2. The Morgan fingerprint density at radius 3 is 2.15 bits per heavy atom. The lowest BCUT2D eigenvalue weighted by atomic mass is 9.68. The molecule has 1 aliphatic carbocycles. The highest BCUT2D eigenvalue weighted by molar-refractivity contribution is 5.96. The molecule has 1 aliphatic rings. The van der Waals surface area contributed by atoms with E-state index < -0.39 is 0 Å². The van der Waals surface area contributed by atoms with Gasteiger partial charge in [-0.05, 0) is 29.5 Å². The second-order valence-corrected chi connectivity index (χ2v) is 6.92. The Balaban J connectivity index is 1.82. The third kappa shape index (κ3) is 3.41. The molecule has 0 bridgehead atoms. The van der Waals surface area contributed by atoms with Crippen LogP contribution in [0.4, 0.5) is 0 Å². The summed E-state index contributed by atoms with van der Waals surface area (Å²) in [6, 6.07) is 25.2. The monoisotopic (exact) mass is 355 g/mol. The molecule has 3 aromatic rings. The summed E-state index contributed by atoms with van der Waals surface area (Å²) in [5.41, 5.74) is 2.44. The van der Waals surface area contributed by atoms with Crippen molar-refractivity contribution in [3.63, 3.8) is 0 Å². The molecular weight excluding hydrogens is 334 g/mol. The van der Waals surface area contributed by atoms with E-state index in [2.05, 4.69) is 36.4 Å². The number of allylic oxidation sites excluding steroid dienone is 2. The minimum atomic E-state index is -0.317. The van der Waals surface area contributed by atoms with Gasteiger partial charge in [-0.1, -0.05) is 72.8 Å². The molecule has 0 saturated carbocycles. The molecule has 0 aliphatic heterocycles. The molecule has 0 saturated heterocycles. The number of benzene rings is 2. The Morgan fingerprint density at radius 1 is 0.852 bits per heavy atom. The van der Waals surface area contributed by atoms with E-state index in [9.17, 15) is 10.0 Å². The van der Waals surface area contributed by atoms with Gasteiger partial charge in [0.25, 0.3) is 5.69 Å². The smallest absolute Gasteiger partial charge is 0.260 e. The average Bonchev–Trinajstić information content (AvgIpc) is 2.74. The topological polar surface area (TPSA) is 44.0 Å². The molecule has 1 heterocycles. The van der Waals surface area contributed by atoms with Crippen molar-refractivity contribution >= 4 is 5.78 Å². The largest absolute Gasteiger partial charge is 0.618 e. The molecule has 0 amide bonds. The molecule has 3 nitrogen and oxygen atoms in total. The Hall–Kier alpha value is -3.20. The number of hydrogen-bond donors (Lipinski definition) is 0. The van der Waals surface area contributed by atoms with Crippen LogP contribution in [0.5, 0.6) is 0 Å². The zero-order valence-electron chi connectivity index (χ0n) is 14.9. The van der Waals surface area contributed by atoms with E-state index in [0.29, 0.717) is 4.73 Å². The molecule has 0 fully saturated rings. The first-order valence-electron chi connectivity index (χ1n) is 9.24. The zero-order chi connectivity index (χ0) is 18.6. The van der Waals surface area contributed by atoms with Crippen LogP contribution in [0.1, 0.15) is 39.9 Å². The number of Topliss-reactive ketones (excluding diaryl/α,β-unsaturated/α-hetero) is 1. The van der Waals surface area contributed by atoms with Crippen LogP contribution in [0.15, 0.2) is 97.2 Å². The Bertz CT molecular complexity index is 950. The van der Waals surface area contributed by atoms with Crippen molar-refractivity contribution in [2.24, 2.45) is 5.92 Å². The molecule has 0 radical (unpaired) electrons. The summed E-state index contributed by atoms with van der Waals surface area (Å²) in [7, 11) is 0. The summed E-state index contributed by atoms with van der Waals surface area (Å²) in [4.78, 5) is 13.5. The molecule has 1 aromatic heterocycles. The lowest BCUT2D eigenvalue weighted by molar-refractivity contribution is -0.607. The maximum Gasteiger partial charge on any atom is 0.260 e. The highest BCUT2D eigenvalue weighted by Gasteiger charge is 2.40. The van der Waals surface area contributed by atoms with E-state index >= 15 is 0 Å². The molecule has 134 valence electrons. The predicted octanol–water partition coefficient (Wildman–Crippen LogP) is 4.65. The van der Waals surface area contributed by atoms with E-state index in [1.165, 1.54) is 6.20 Å². The number of nitrogens with zero attached hydrogens (tertiary/aromatic N) is 1. The van der Waals surface area contributed by atoms with Crippen molar-refractivity contribution in [3.8, 4) is 0 Å².